The summed E-state index contributed by atoms with van der Waals surface area (Å²) in [5, 5.41) is 0. The maximum absolute atomic E-state index is 13.6. The molecule has 2 amide bonds. The fourth-order valence-electron chi connectivity index (χ4n) is 6.22. The molecule has 2 heterocycles. The molecule has 0 radical (unpaired) electrons. The molecule has 1 saturated heterocycles. The second-order valence-corrected chi connectivity index (χ2v) is 10.4. The Hall–Kier alpha value is -2.40. The minimum Gasteiger partial charge on any atom is -0.318 e. The zero-order valence-electron chi connectivity index (χ0n) is 19.5. The van der Waals surface area contributed by atoms with Crippen molar-refractivity contribution in [2.24, 2.45) is 5.92 Å². The highest BCUT2D eigenvalue weighted by Gasteiger charge is 2.54. The Morgan fingerprint density at radius 1 is 1.03 bits per heavy atom. The Labute approximate surface area is 192 Å². The Bertz CT molecular complexity index is 917. The normalized spacial score (nSPS) is 28.5. The number of urea groups is 1. The highest BCUT2D eigenvalue weighted by Crippen LogP contribution is 2.49. The molecule has 3 aliphatic rings. The van der Waals surface area contributed by atoms with E-state index < -0.39 is 0 Å². The van der Waals surface area contributed by atoms with E-state index in [0.29, 0.717) is 12.5 Å². The van der Waals surface area contributed by atoms with Crippen molar-refractivity contribution in [1.29, 1.82) is 0 Å². The van der Waals surface area contributed by atoms with Gasteiger partial charge in [0.05, 0.1) is 5.54 Å². The van der Waals surface area contributed by atoms with E-state index in [1.54, 1.807) is 6.20 Å². The molecule has 0 bridgehead atoms. The minimum absolute atomic E-state index is 0.0385. The number of amides is 2. The second-order valence-electron chi connectivity index (χ2n) is 10.4. The van der Waals surface area contributed by atoms with E-state index in [2.05, 4.69) is 70.2 Å². The maximum atomic E-state index is 13.6. The summed E-state index contributed by atoms with van der Waals surface area (Å²) >= 11 is 0. The molecule has 2 aliphatic carbocycles. The molecule has 32 heavy (non-hydrogen) atoms. The average molecular weight is 433 g/mol. The van der Waals surface area contributed by atoms with Crippen LogP contribution in [0.4, 0.5) is 4.79 Å². The third kappa shape index (κ3) is 3.71. The first-order valence-corrected chi connectivity index (χ1v) is 12.2. The van der Waals surface area contributed by atoms with Gasteiger partial charge in [0.15, 0.2) is 0 Å². The molecule has 1 aromatic carbocycles. The van der Waals surface area contributed by atoms with Crippen molar-refractivity contribution in [2.75, 3.05) is 27.2 Å². The van der Waals surface area contributed by atoms with Crippen molar-refractivity contribution in [1.82, 2.24) is 19.7 Å². The highest BCUT2D eigenvalue weighted by atomic mass is 16.2. The van der Waals surface area contributed by atoms with Crippen molar-refractivity contribution < 1.29 is 4.79 Å². The summed E-state index contributed by atoms with van der Waals surface area (Å²) in [4.78, 5) is 24.7. The number of pyridine rings is 1. The Morgan fingerprint density at radius 3 is 2.38 bits per heavy atom. The van der Waals surface area contributed by atoms with E-state index in [1.165, 1.54) is 24.8 Å². The van der Waals surface area contributed by atoms with Crippen LogP contribution in [0.1, 0.15) is 56.1 Å². The number of benzene rings is 1. The number of rotatable bonds is 6. The number of hydrogen-bond acceptors (Lipinski definition) is 3. The summed E-state index contributed by atoms with van der Waals surface area (Å²) in [6, 6.07) is 15.2. The lowest BCUT2D eigenvalue weighted by Crippen LogP contribution is -2.56. The molecule has 2 saturated carbocycles. The Morgan fingerprint density at radius 2 is 1.78 bits per heavy atom. The van der Waals surface area contributed by atoms with Gasteiger partial charge in [0.25, 0.3) is 0 Å². The molecule has 170 valence electrons. The molecule has 5 heteroatoms. The topological polar surface area (TPSA) is 39.7 Å². The molecule has 1 aliphatic heterocycles. The molecule has 3 fully saturated rings. The smallest absolute Gasteiger partial charge is 0.318 e. The van der Waals surface area contributed by atoms with Gasteiger partial charge in [-0.05, 0) is 75.7 Å². The van der Waals surface area contributed by atoms with E-state index in [0.717, 1.165) is 44.3 Å². The molecule has 1 spiro atoms. The first-order chi connectivity index (χ1) is 15.5. The number of carbonyl (C=O) groups is 1. The van der Waals surface area contributed by atoms with Gasteiger partial charge in [-0.1, -0.05) is 42.8 Å². The third-order valence-electron chi connectivity index (χ3n) is 8.50. The minimum atomic E-state index is -0.0385. The Kier molecular flexibility index (Phi) is 5.70. The van der Waals surface area contributed by atoms with Gasteiger partial charge in [0.2, 0.25) is 0 Å². The lowest BCUT2D eigenvalue weighted by Gasteiger charge is -2.51. The van der Waals surface area contributed by atoms with E-state index >= 15 is 0 Å². The molecule has 0 atom stereocenters. The quantitative estimate of drug-likeness (QED) is 0.652. The van der Waals surface area contributed by atoms with Gasteiger partial charge < -0.3 is 9.80 Å². The average Bonchev–Trinajstić information content (AvgIpc) is 3.03. The van der Waals surface area contributed by atoms with Crippen LogP contribution < -0.4 is 0 Å². The first kappa shape index (κ1) is 21.4. The summed E-state index contributed by atoms with van der Waals surface area (Å²) < 4.78 is 0. The molecular weight excluding hydrogens is 396 g/mol. The molecule has 5 nitrogen and oxygen atoms in total. The third-order valence-corrected chi connectivity index (χ3v) is 8.50. The van der Waals surface area contributed by atoms with Gasteiger partial charge in [-0.25, -0.2) is 4.79 Å². The maximum Gasteiger partial charge on any atom is 0.320 e. The largest absolute Gasteiger partial charge is 0.320 e. The summed E-state index contributed by atoms with van der Waals surface area (Å²) in [7, 11) is 4.43. The van der Waals surface area contributed by atoms with Crippen LogP contribution in [0.2, 0.25) is 0 Å². The summed E-state index contributed by atoms with van der Waals surface area (Å²) in [5.74, 6) is 0.684. The fraction of sp³-hybridized carbons (Fsp3) is 0.556. The highest BCUT2D eigenvalue weighted by molar-refractivity contribution is 5.78. The van der Waals surface area contributed by atoms with Crippen LogP contribution in [0.15, 0.2) is 54.9 Å². The van der Waals surface area contributed by atoms with Crippen LogP contribution in [0.5, 0.6) is 0 Å². The van der Waals surface area contributed by atoms with E-state index in [9.17, 15) is 4.79 Å². The summed E-state index contributed by atoms with van der Waals surface area (Å²) in [5.41, 5.74) is 2.53. The lowest BCUT2D eigenvalue weighted by molar-refractivity contribution is 0.0159. The van der Waals surface area contributed by atoms with E-state index in [4.69, 9.17) is 0 Å². The van der Waals surface area contributed by atoms with Crippen LogP contribution in [-0.4, -0.2) is 58.4 Å². The molecular formula is C27H36N4O. The van der Waals surface area contributed by atoms with Gasteiger partial charge in [-0.3, -0.25) is 9.88 Å². The summed E-state index contributed by atoms with van der Waals surface area (Å²) in [6.45, 7) is 2.43. The molecule has 0 N–H and O–H groups in total. The van der Waals surface area contributed by atoms with Crippen molar-refractivity contribution in [3.05, 3.63) is 66.0 Å². The summed E-state index contributed by atoms with van der Waals surface area (Å²) in [6.07, 6.45) is 11.8. The second kappa shape index (κ2) is 8.51. The van der Waals surface area contributed by atoms with E-state index in [1.807, 2.05) is 12.3 Å². The van der Waals surface area contributed by atoms with Crippen LogP contribution in [0, 0.1) is 5.92 Å². The molecule has 2 aromatic rings. The molecule has 1 aromatic heterocycles. The zero-order valence-corrected chi connectivity index (χ0v) is 19.5. The number of hydrogen-bond donors (Lipinski definition) is 0. The van der Waals surface area contributed by atoms with Crippen LogP contribution in [0.3, 0.4) is 0 Å². The van der Waals surface area contributed by atoms with E-state index in [-0.39, 0.29) is 17.1 Å². The number of aromatic nitrogens is 1. The van der Waals surface area contributed by atoms with Gasteiger partial charge >= 0.3 is 6.03 Å². The number of carbonyl (C=O) groups excluding carboxylic acids is 1. The van der Waals surface area contributed by atoms with Crippen molar-refractivity contribution in [3.8, 4) is 0 Å². The monoisotopic (exact) mass is 432 g/mol. The van der Waals surface area contributed by atoms with Gasteiger partial charge in [-0.15, -0.1) is 0 Å². The van der Waals surface area contributed by atoms with Crippen molar-refractivity contribution >= 4 is 6.03 Å². The molecule has 5 rings (SSSR count). The van der Waals surface area contributed by atoms with Crippen molar-refractivity contribution in [3.63, 3.8) is 0 Å². The predicted molar refractivity (Wildman–Crippen MR) is 127 cm³/mol. The zero-order chi connectivity index (χ0) is 22.2. The van der Waals surface area contributed by atoms with Gasteiger partial charge in [-0.2, -0.15) is 0 Å². The molecule has 0 unspecified atom stereocenters. The lowest BCUT2D eigenvalue weighted by atomic mass is 9.68. The van der Waals surface area contributed by atoms with Crippen molar-refractivity contribution in [2.45, 2.75) is 62.6 Å². The fourth-order valence-corrected chi connectivity index (χ4v) is 6.22. The van der Waals surface area contributed by atoms with Gasteiger partial charge in [0, 0.05) is 37.6 Å². The van der Waals surface area contributed by atoms with Crippen LogP contribution >= 0.6 is 0 Å². The van der Waals surface area contributed by atoms with Crippen LogP contribution in [0.25, 0.3) is 0 Å². The predicted octanol–water partition coefficient (Wildman–Crippen LogP) is 4.89. The SMILES string of the molecule is CN(C)[C@]1(c2ccccc2)CC[C@@]2(CC1)CN(Cc1cccnc1)C(=O)N2CC1CCC1. The first-order valence-electron chi connectivity index (χ1n) is 12.2. The van der Waals surface area contributed by atoms with Crippen LogP contribution in [-0.2, 0) is 12.1 Å². The number of nitrogens with zero attached hydrogens (tertiary/aromatic N) is 4. The standard InChI is InChI=1S/C27H36N4O/c1-29(2)27(24-11-4-3-5-12-24)15-13-26(14-16-27)21-30(19-23-10-7-17-28-18-23)25(32)31(26)20-22-8-6-9-22/h3-5,7,10-12,17-18,22H,6,8-9,13-16,19-21H2,1-2H3/t26-,27-. The Balaban J connectivity index is 1.40. The van der Waals surface area contributed by atoms with Gasteiger partial charge in [0.1, 0.15) is 0 Å².